The molecule has 1 N–H and O–H groups in total. The molecule has 0 bridgehead atoms. The number of nitrogens with one attached hydrogen (secondary N) is 1. The second kappa shape index (κ2) is 5.70. The summed E-state index contributed by atoms with van der Waals surface area (Å²) in [4.78, 5) is 0. The normalized spacial score (nSPS) is 17.4. The van der Waals surface area contributed by atoms with Crippen molar-refractivity contribution in [2.45, 2.75) is 38.6 Å². The van der Waals surface area contributed by atoms with Crippen molar-refractivity contribution < 1.29 is 0 Å². The van der Waals surface area contributed by atoms with Gasteiger partial charge < -0.3 is 5.32 Å². The van der Waals surface area contributed by atoms with Crippen LogP contribution >= 0.6 is 11.6 Å². The highest BCUT2D eigenvalue weighted by Crippen LogP contribution is 2.29. The molecule has 1 nitrogen and oxygen atoms in total. The number of hydrogen-bond donors (Lipinski definition) is 1. The first-order chi connectivity index (χ1) is 7.79. The average molecular weight is 238 g/mol. The van der Waals surface area contributed by atoms with Crippen LogP contribution in [-0.2, 0) is 0 Å². The van der Waals surface area contributed by atoms with Gasteiger partial charge in [0.25, 0.3) is 0 Å². The fourth-order valence-electron chi connectivity index (χ4n) is 2.00. The Bertz CT molecular complexity index is 316. The number of rotatable bonds is 6. The van der Waals surface area contributed by atoms with Crippen LogP contribution in [0.2, 0.25) is 5.02 Å². The smallest absolute Gasteiger partial charge is 0.0406 e. The van der Waals surface area contributed by atoms with Crippen LogP contribution in [0, 0.1) is 5.92 Å². The molecule has 88 valence electrons. The second-order valence-corrected chi connectivity index (χ2v) is 5.18. The molecular formula is C14H20ClN. The molecule has 2 heteroatoms. The lowest BCUT2D eigenvalue weighted by Gasteiger charge is -2.18. The minimum atomic E-state index is 0.503. The van der Waals surface area contributed by atoms with Gasteiger partial charge in [0.15, 0.2) is 0 Å². The summed E-state index contributed by atoms with van der Waals surface area (Å²) in [5.41, 5.74) is 1.37. The molecule has 2 rings (SSSR count). The SMILES string of the molecule is CCCC(NCC1CC1)c1ccc(Cl)cc1. The van der Waals surface area contributed by atoms with Crippen molar-refractivity contribution in [3.63, 3.8) is 0 Å². The van der Waals surface area contributed by atoms with Crippen LogP contribution < -0.4 is 5.32 Å². The number of hydrogen-bond acceptors (Lipinski definition) is 1. The molecule has 1 atom stereocenters. The number of halogens is 1. The van der Waals surface area contributed by atoms with Crippen LogP contribution in [0.1, 0.15) is 44.2 Å². The van der Waals surface area contributed by atoms with Gasteiger partial charge >= 0.3 is 0 Å². The highest BCUT2D eigenvalue weighted by molar-refractivity contribution is 6.30. The van der Waals surface area contributed by atoms with Crippen LogP contribution in [0.5, 0.6) is 0 Å². The average Bonchev–Trinajstić information content (AvgIpc) is 3.09. The summed E-state index contributed by atoms with van der Waals surface area (Å²) < 4.78 is 0. The lowest BCUT2D eigenvalue weighted by Crippen LogP contribution is -2.23. The predicted octanol–water partition coefficient (Wildman–Crippen LogP) is 4.18. The zero-order chi connectivity index (χ0) is 11.4. The summed E-state index contributed by atoms with van der Waals surface area (Å²) in [6.07, 6.45) is 5.23. The third-order valence-electron chi connectivity index (χ3n) is 3.20. The molecule has 0 aliphatic heterocycles. The largest absolute Gasteiger partial charge is 0.310 e. The first-order valence-electron chi connectivity index (χ1n) is 6.28. The van der Waals surface area contributed by atoms with Crippen molar-refractivity contribution in [1.82, 2.24) is 5.32 Å². The molecule has 0 radical (unpaired) electrons. The van der Waals surface area contributed by atoms with Gasteiger partial charge in [-0.15, -0.1) is 0 Å². The standard InChI is InChI=1S/C14H20ClN/c1-2-3-14(16-10-11-4-5-11)12-6-8-13(15)9-7-12/h6-9,11,14,16H,2-5,10H2,1H3. The third kappa shape index (κ3) is 3.50. The number of benzene rings is 1. The fourth-order valence-corrected chi connectivity index (χ4v) is 2.13. The minimum Gasteiger partial charge on any atom is -0.310 e. The van der Waals surface area contributed by atoms with E-state index >= 15 is 0 Å². The van der Waals surface area contributed by atoms with E-state index in [1.54, 1.807) is 0 Å². The molecule has 1 saturated carbocycles. The Labute approximate surface area is 103 Å². The molecule has 1 aromatic carbocycles. The summed E-state index contributed by atoms with van der Waals surface area (Å²) in [5.74, 6) is 0.937. The van der Waals surface area contributed by atoms with Crippen molar-refractivity contribution in [2.75, 3.05) is 6.54 Å². The summed E-state index contributed by atoms with van der Waals surface area (Å²) in [6.45, 7) is 3.41. The third-order valence-corrected chi connectivity index (χ3v) is 3.45. The Kier molecular flexibility index (Phi) is 4.25. The van der Waals surface area contributed by atoms with Gasteiger partial charge in [0.1, 0.15) is 0 Å². The Morgan fingerprint density at radius 1 is 1.31 bits per heavy atom. The van der Waals surface area contributed by atoms with Gasteiger partial charge in [0.05, 0.1) is 0 Å². The molecule has 0 spiro atoms. The van der Waals surface area contributed by atoms with Gasteiger partial charge in [0.2, 0.25) is 0 Å². The molecule has 1 fully saturated rings. The van der Waals surface area contributed by atoms with Crippen molar-refractivity contribution in [3.05, 3.63) is 34.9 Å². The van der Waals surface area contributed by atoms with Crippen LogP contribution in [-0.4, -0.2) is 6.54 Å². The van der Waals surface area contributed by atoms with Gasteiger partial charge in [-0.05, 0) is 49.4 Å². The molecule has 1 aromatic rings. The Morgan fingerprint density at radius 2 is 2.00 bits per heavy atom. The van der Waals surface area contributed by atoms with E-state index in [0.717, 1.165) is 10.9 Å². The van der Waals surface area contributed by atoms with Gasteiger partial charge in [0, 0.05) is 11.1 Å². The molecule has 16 heavy (non-hydrogen) atoms. The summed E-state index contributed by atoms with van der Waals surface area (Å²) in [6, 6.07) is 8.75. The summed E-state index contributed by atoms with van der Waals surface area (Å²) >= 11 is 5.91. The van der Waals surface area contributed by atoms with Crippen LogP contribution in [0.15, 0.2) is 24.3 Å². The maximum atomic E-state index is 5.91. The Hall–Kier alpha value is -0.530. The van der Waals surface area contributed by atoms with E-state index in [9.17, 15) is 0 Å². The minimum absolute atomic E-state index is 0.503. The second-order valence-electron chi connectivity index (χ2n) is 4.74. The quantitative estimate of drug-likeness (QED) is 0.783. The Balaban J connectivity index is 1.95. The van der Waals surface area contributed by atoms with E-state index in [-0.39, 0.29) is 0 Å². The van der Waals surface area contributed by atoms with E-state index in [1.165, 1.54) is 37.8 Å². The van der Waals surface area contributed by atoms with Gasteiger partial charge in [-0.3, -0.25) is 0 Å². The maximum Gasteiger partial charge on any atom is 0.0406 e. The zero-order valence-electron chi connectivity index (χ0n) is 9.88. The molecular weight excluding hydrogens is 218 g/mol. The van der Waals surface area contributed by atoms with E-state index in [4.69, 9.17) is 11.6 Å². The topological polar surface area (TPSA) is 12.0 Å². The summed E-state index contributed by atoms with van der Waals surface area (Å²) in [7, 11) is 0. The molecule has 1 unspecified atom stereocenters. The predicted molar refractivity (Wildman–Crippen MR) is 69.8 cm³/mol. The first kappa shape index (κ1) is 11.9. The van der Waals surface area contributed by atoms with Crippen LogP contribution in [0.4, 0.5) is 0 Å². The van der Waals surface area contributed by atoms with Crippen LogP contribution in [0.25, 0.3) is 0 Å². The van der Waals surface area contributed by atoms with E-state index in [1.807, 2.05) is 12.1 Å². The molecule has 1 aliphatic carbocycles. The van der Waals surface area contributed by atoms with Gasteiger partial charge in [-0.25, -0.2) is 0 Å². The highest BCUT2D eigenvalue weighted by atomic mass is 35.5. The Morgan fingerprint density at radius 3 is 2.56 bits per heavy atom. The molecule has 0 aromatic heterocycles. The van der Waals surface area contributed by atoms with Crippen molar-refractivity contribution in [3.8, 4) is 0 Å². The first-order valence-corrected chi connectivity index (χ1v) is 6.66. The monoisotopic (exact) mass is 237 g/mol. The zero-order valence-corrected chi connectivity index (χ0v) is 10.6. The van der Waals surface area contributed by atoms with E-state index in [0.29, 0.717) is 6.04 Å². The van der Waals surface area contributed by atoms with Crippen molar-refractivity contribution >= 4 is 11.6 Å². The molecule has 0 amide bonds. The van der Waals surface area contributed by atoms with E-state index < -0.39 is 0 Å². The maximum absolute atomic E-state index is 5.91. The van der Waals surface area contributed by atoms with E-state index in [2.05, 4.69) is 24.4 Å². The summed E-state index contributed by atoms with van der Waals surface area (Å²) in [5, 5.41) is 4.50. The van der Waals surface area contributed by atoms with Crippen molar-refractivity contribution in [1.29, 1.82) is 0 Å². The van der Waals surface area contributed by atoms with Gasteiger partial charge in [-0.2, -0.15) is 0 Å². The lowest BCUT2D eigenvalue weighted by atomic mass is 10.0. The molecule has 0 heterocycles. The van der Waals surface area contributed by atoms with Crippen LogP contribution in [0.3, 0.4) is 0 Å². The molecule has 0 saturated heterocycles. The molecule has 1 aliphatic rings. The highest BCUT2D eigenvalue weighted by Gasteiger charge is 2.22. The van der Waals surface area contributed by atoms with Crippen molar-refractivity contribution in [2.24, 2.45) is 5.92 Å². The van der Waals surface area contributed by atoms with Gasteiger partial charge in [-0.1, -0.05) is 37.1 Å². The lowest BCUT2D eigenvalue weighted by molar-refractivity contribution is 0.481. The fraction of sp³-hybridized carbons (Fsp3) is 0.571.